The molecule has 2 N–H and O–H groups in total. The van der Waals surface area contributed by atoms with Crippen LogP contribution in [0.1, 0.15) is 20.3 Å². The van der Waals surface area contributed by atoms with Gasteiger partial charge in [-0.2, -0.15) is 0 Å². The van der Waals surface area contributed by atoms with Crippen LogP contribution in [-0.4, -0.2) is 24.4 Å². The molecule has 1 atom stereocenters. The number of hydrogen-bond donors (Lipinski definition) is 1. The number of rotatable bonds is 4. The summed E-state index contributed by atoms with van der Waals surface area (Å²) in [6, 6.07) is 11.7. The standard InChI is InChI=1S/C20H22FN3O2/c1-13(2)10-11-23-17-12-14(21)8-9-16(17)24(15-6-4-3-5-7-15)20(26)18(22)19(23)25/h3-9,12-13,18H,10-11,22H2,1-2H3. The smallest absolute Gasteiger partial charge is 0.258 e. The summed E-state index contributed by atoms with van der Waals surface area (Å²) in [5, 5.41) is 0. The number of nitrogens with zero attached hydrogens (tertiary/aromatic N) is 2. The van der Waals surface area contributed by atoms with Crippen LogP contribution in [0.3, 0.4) is 0 Å². The number of amides is 2. The fourth-order valence-corrected chi connectivity index (χ4v) is 3.01. The van der Waals surface area contributed by atoms with E-state index >= 15 is 0 Å². The van der Waals surface area contributed by atoms with Crippen molar-refractivity contribution in [3.8, 4) is 0 Å². The van der Waals surface area contributed by atoms with Crippen LogP contribution in [0, 0.1) is 11.7 Å². The van der Waals surface area contributed by atoms with E-state index in [0.29, 0.717) is 35.9 Å². The molecule has 2 aromatic carbocycles. The molecule has 6 heteroatoms. The number of fused-ring (bicyclic) bond motifs is 1. The van der Waals surface area contributed by atoms with Gasteiger partial charge in [-0.3, -0.25) is 14.5 Å². The number of carbonyl (C=O) groups excluding carboxylic acids is 2. The Hall–Kier alpha value is -2.73. The zero-order valence-corrected chi connectivity index (χ0v) is 14.9. The molecular formula is C20H22FN3O2. The molecule has 0 spiro atoms. The van der Waals surface area contributed by atoms with Crippen LogP contribution in [0.25, 0.3) is 0 Å². The molecule has 0 bridgehead atoms. The monoisotopic (exact) mass is 355 g/mol. The van der Waals surface area contributed by atoms with E-state index in [2.05, 4.69) is 0 Å². The molecule has 0 aromatic heterocycles. The van der Waals surface area contributed by atoms with Crippen molar-refractivity contribution in [3.63, 3.8) is 0 Å². The van der Waals surface area contributed by atoms with Crippen molar-refractivity contribution >= 4 is 28.9 Å². The lowest BCUT2D eigenvalue weighted by Gasteiger charge is -2.26. The van der Waals surface area contributed by atoms with Crippen molar-refractivity contribution < 1.29 is 14.0 Å². The molecule has 2 aromatic rings. The van der Waals surface area contributed by atoms with E-state index in [9.17, 15) is 14.0 Å². The van der Waals surface area contributed by atoms with E-state index < -0.39 is 23.7 Å². The van der Waals surface area contributed by atoms with Gasteiger partial charge in [0.25, 0.3) is 11.8 Å². The molecule has 1 aliphatic rings. The van der Waals surface area contributed by atoms with Gasteiger partial charge in [0.15, 0.2) is 6.04 Å². The van der Waals surface area contributed by atoms with Gasteiger partial charge in [0.2, 0.25) is 0 Å². The molecule has 0 saturated carbocycles. The third-order valence-electron chi connectivity index (χ3n) is 4.43. The first-order valence-corrected chi connectivity index (χ1v) is 8.65. The summed E-state index contributed by atoms with van der Waals surface area (Å²) in [5.41, 5.74) is 7.38. The Bertz CT molecular complexity index is 823. The van der Waals surface area contributed by atoms with E-state index in [0.717, 1.165) is 0 Å². The molecular weight excluding hydrogens is 333 g/mol. The van der Waals surface area contributed by atoms with Gasteiger partial charge in [0, 0.05) is 12.2 Å². The van der Waals surface area contributed by atoms with Gasteiger partial charge in [-0.05, 0) is 42.7 Å². The van der Waals surface area contributed by atoms with Gasteiger partial charge in [0.05, 0.1) is 11.4 Å². The maximum absolute atomic E-state index is 14.0. The number of para-hydroxylation sites is 1. The van der Waals surface area contributed by atoms with Crippen LogP contribution >= 0.6 is 0 Å². The first-order chi connectivity index (χ1) is 12.4. The predicted molar refractivity (Wildman–Crippen MR) is 99.8 cm³/mol. The molecule has 0 radical (unpaired) electrons. The highest BCUT2D eigenvalue weighted by Crippen LogP contribution is 2.38. The van der Waals surface area contributed by atoms with Crippen LogP contribution in [0.2, 0.25) is 0 Å². The van der Waals surface area contributed by atoms with Gasteiger partial charge in [0.1, 0.15) is 5.82 Å². The molecule has 1 unspecified atom stereocenters. The van der Waals surface area contributed by atoms with Crippen molar-refractivity contribution in [1.29, 1.82) is 0 Å². The van der Waals surface area contributed by atoms with Gasteiger partial charge >= 0.3 is 0 Å². The normalized spacial score (nSPS) is 17.5. The molecule has 26 heavy (non-hydrogen) atoms. The van der Waals surface area contributed by atoms with Gasteiger partial charge in [-0.25, -0.2) is 4.39 Å². The first kappa shape index (κ1) is 18.1. The quantitative estimate of drug-likeness (QED) is 0.857. The van der Waals surface area contributed by atoms with Crippen LogP contribution < -0.4 is 15.5 Å². The second kappa shape index (κ2) is 7.25. The van der Waals surface area contributed by atoms with Crippen LogP contribution in [0.15, 0.2) is 48.5 Å². The van der Waals surface area contributed by atoms with Crippen molar-refractivity contribution in [1.82, 2.24) is 0 Å². The predicted octanol–water partition coefficient (Wildman–Crippen LogP) is 3.21. The van der Waals surface area contributed by atoms with Crippen molar-refractivity contribution in [2.75, 3.05) is 16.3 Å². The van der Waals surface area contributed by atoms with Crippen molar-refractivity contribution in [2.45, 2.75) is 26.3 Å². The summed E-state index contributed by atoms with van der Waals surface area (Å²) >= 11 is 0. The van der Waals surface area contributed by atoms with Gasteiger partial charge < -0.3 is 10.6 Å². The molecule has 0 aliphatic carbocycles. The number of hydrogen-bond acceptors (Lipinski definition) is 3. The zero-order valence-electron chi connectivity index (χ0n) is 14.9. The van der Waals surface area contributed by atoms with Crippen LogP contribution in [0.4, 0.5) is 21.5 Å². The summed E-state index contributed by atoms with van der Waals surface area (Å²) < 4.78 is 14.0. The summed E-state index contributed by atoms with van der Waals surface area (Å²) in [5.74, 6) is -1.16. The minimum atomic E-state index is -1.34. The van der Waals surface area contributed by atoms with E-state index in [1.165, 1.54) is 28.0 Å². The Balaban J connectivity index is 2.17. The number of benzene rings is 2. The number of halogens is 1. The molecule has 5 nitrogen and oxygen atoms in total. The van der Waals surface area contributed by atoms with E-state index in [-0.39, 0.29) is 0 Å². The summed E-state index contributed by atoms with van der Waals surface area (Å²) in [4.78, 5) is 28.6. The maximum Gasteiger partial charge on any atom is 0.258 e. The van der Waals surface area contributed by atoms with Crippen molar-refractivity contribution in [2.24, 2.45) is 11.7 Å². The lowest BCUT2D eigenvalue weighted by molar-refractivity contribution is -0.127. The SMILES string of the molecule is CC(C)CCN1C(=O)C(N)C(=O)N(c2ccccc2)c2ccc(F)cc21. The molecule has 3 rings (SSSR count). The van der Waals surface area contributed by atoms with E-state index in [1.54, 1.807) is 24.3 Å². The molecule has 2 amide bonds. The fourth-order valence-electron chi connectivity index (χ4n) is 3.01. The second-order valence-electron chi connectivity index (χ2n) is 6.79. The molecule has 1 heterocycles. The fraction of sp³-hybridized carbons (Fsp3) is 0.300. The highest BCUT2D eigenvalue weighted by Gasteiger charge is 2.38. The lowest BCUT2D eigenvalue weighted by Crippen LogP contribution is -2.50. The average Bonchev–Trinajstić information content (AvgIpc) is 2.69. The topological polar surface area (TPSA) is 66.6 Å². The van der Waals surface area contributed by atoms with Crippen LogP contribution in [-0.2, 0) is 9.59 Å². The number of nitrogens with two attached hydrogens (primary N) is 1. The Morgan fingerprint density at radius 1 is 1.04 bits per heavy atom. The highest BCUT2D eigenvalue weighted by molar-refractivity contribution is 6.22. The minimum Gasteiger partial charge on any atom is -0.312 e. The minimum absolute atomic E-state index is 0.347. The molecule has 1 aliphatic heterocycles. The number of carbonyl (C=O) groups is 2. The van der Waals surface area contributed by atoms with E-state index in [1.807, 2.05) is 19.9 Å². The highest BCUT2D eigenvalue weighted by atomic mass is 19.1. The van der Waals surface area contributed by atoms with Gasteiger partial charge in [-0.1, -0.05) is 32.0 Å². The number of anilines is 3. The summed E-state index contributed by atoms with van der Waals surface area (Å²) in [6.07, 6.45) is 0.716. The Labute approximate surface area is 152 Å². The third-order valence-corrected chi connectivity index (χ3v) is 4.43. The average molecular weight is 355 g/mol. The van der Waals surface area contributed by atoms with Crippen molar-refractivity contribution in [3.05, 3.63) is 54.3 Å². The van der Waals surface area contributed by atoms with Crippen LogP contribution in [0.5, 0.6) is 0 Å². The Morgan fingerprint density at radius 2 is 1.73 bits per heavy atom. The molecule has 136 valence electrons. The van der Waals surface area contributed by atoms with E-state index in [4.69, 9.17) is 5.73 Å². The zero-order chi connectivity index (χ0) is 18.8. The second-order valence-corrected chi connectivity index (χ2v) is 6.79. The third kappa shape index (κ3) is 3.32. The molecule has 0 saturated heterocycles. The lowest BCUT2D eigenvalue weighted by atomic mass is 10.1. The summed E-state index contributed by atoms with van der Waals surface area (Å²) in [6.45, 7) is 4.45. The Kier molecular flexibility index (Phi) is 5.04. The maximum atomic E-state index is 14.0. The summed E-state index contributed by atoms with van der Waals surface area (Å²) in [7, 11) is 0. The molecule has 0 fully saturated rings. The Morgan fingerprint density at radius 3 is 2.38 bits per heavy atom. The first-order valence-electron chi connectivity index (χ1n) is 8.65. The van der Waals surface area contributed by atoms with Gasteiger partial charge in [-0.15, -0.1) is 0 Å². The largest absolute Gasteiger partial charge is 0.312 e.